The Kier molecular flexibility index (Phi) is 3.49. The van der Waals surface area contributed by atoms with E-state index in [4.69, 9.17) is 0 Å². The molecule has 0 radical (unpaired) electrons. The van der Waals surface area contributed by atoms with E-state index >= 15 is 0 Å². The van der Waals surface area contributed by atoms with Crippen molar-refractivity contribution in [1.82, 2.24) is 4.72 Å². The predicted molar refractivity (Wildman–Crippen MR) is 63.5 cm³/mol. The minimum atomic E-state index is -3.70. The molecule has 1 aliphatic carbocycles. The van der Waals surface area contributed by atoms with Crippen LogP contribution in [0.3, 0.4) is 0 Å². The van der Waals surface area contributed by atoms with Crippen molar-refractivity contribution in [3.05, 3.63) is 30.1 Å². The zero-order valence-electron chi connectivity index (χ0n) is 9.69. The van der Waals surface area contributed by atoms with Crippen LogP contribution in [0.5, 0.6) is 0 Å². The zero-order valence-corrected chi connectivity index (χ0v) is 10.5. The summed E-state index contributed by atoms with van der Waals surface area (Å²) in [7, 11) is -3.70. The molecule has 0 spiro atoms. The van der Waals surface area contributed by atoms with Crippen LogP contribution in [0.4, 0.5) is 4.39 Å². The maximum atomic E-state index is 13.4. The van der Waals surface area contributed by atoms with Gasteiger partial charge in [-0.15, -0.1) is 0 Å². The fourth-order valence-corrected chi connectivity index (χ4v) is 3.40. The van der Waals surface area contributed by atoms with Gasteiger partial charge < -0.3 is 0 Å². The van der Waals surface area contributed by atoms with Gasteiger partial charge in [-0.3, -0.25) is 0 Å². The van der Waals surface area contributed by atoms with Crippen molar-refractivity contribution in [2.24, 2.45) is 5.92 Å². The third kappa shape index (κ3) is 2.84. The molecular formula is C12H16FNO2S. The Hall–Kier alpha value is -0.940. The largest absolute Gasteiger partial charge is 0.243 e. The molecule has 1 fully saturated rings. The molecule has 2 unspecified atom stereocenters. The van der Waals surface area contributed by atoms with Crippen molar-refractivity contribution in [3.63, 3.8) is 0 Å². The number of sulfonamides is 1. The second-order valence-corrected chi connectivity index (χ2v) is 6.13. The lowest BCUT2D eigenvalue weighted by atomic mass is 10.2. The Bertz CT molecular complexity index is 501. The number of rotatable bonds is 5. The van der Waals surface area contributed by atoms with Gasteiger partial charge in [0.25, 0.3) is 0 Å². The third-order valence-electron chi connectivity index (χ3n) is 3.01. The Morgan fingerprint density at radius 3 is 2.76 bits per heavy atom. The van der Waals surface area contributed by atoms with Gasteiger partial charge >= 0.3 is 0 Å². The highest BCUT2D eigenvalue weighted by Gasteiger charge is 2.39. The van der Waals surface area contributed by atoms with Gasteiger partial charge in [-0.1, -0.05) is 25.5 Å². The highest BCUT2D eigenvalue weighted by Crippen LogP contribution is 2.35. The summed E-state index contributed by atoms with van der Waals surface area (Å²) in [6.45, 7) is 2.07. The lowest BCUT2D eigenvalue weighted by Crippen LogP contribution is -2.27. The molecule has 2 rings (SSSR count). The van der Waals surface area contributed by atoms with E-state index < -0.39 is 15.8 Å². The number of nitrogens with one attached hydrogen (secondary N) is 1. The average Bonchev–Trinajstić information content (AvgIpc) is 2.96. The molecule has 1 aliphatic rings. The van der Waals surface area contributed by atoms with E-state index in [0.717, 1.165) is 25.3 Å². The predicted octanol–water partition coefficient (Wildman–Crippen LogP) is 2.29. The van der Waals surface area contributed by atoms with Crippen molar-refractivity contribution in [3.8, 4) is 0 Å². The molecule has 94 valence electrons. The molecule has 0 aliphatic heterocycles. The van der Waals surface area contributed by atoms with Gasteiger partial charge in [-0.05, 0) is 30.9 Å². The van der Waals surface area contributed by atoms with Gasteiger partial charge in [-0.2, -0.15) is 0 Å². The fraction of sp³-hybridized carbons (Fsp3) is 0.500. The first-order valence-corrected chi connectivity index (χ1v) is 7.29. The summed E-state index contributed by atoms with van der Waals surface area (Å²) in [6.07, 6.45) is 2.93. The highest BCUT2D eigenvalue weighted by atomic mass is 32.2. The summed E-state index contributed by atoms with van der Waals surface area (Å²) in [5.74, 6) is -0.283. The second kappa shape index (κ2) is 4.74. The Balaban J connectivity index is 2.08. The molecule has 5 heteroatoms. The number of hydrogen-bond donors (Lipinski definition) is 1. The molecular weight excluding hydrogens is 241 g/mol. The van der Waals surface area contributed by atoms with Crippen LogP contribution >= 0.6 is 0 Å². The quantitative estimate of drug-likeness (QED) is 0.879. The van der Waals surface area contributed by atoms with Crippen LogP contribution in [0.2, 0.25) is 0 Å². The van der Waals surface area contributed by atoms with Crippen LogP contribution in [-0.4, -0.2) is 14.5 Å². The summed E-state index contributed by atoms with van der Waals surface area (Å²) >= 11 is 0. The Labute approximate surface area is 101 Å². The van der Waals surface area contributed by atoms with Crippen LogP contribution in [0.15, 0.2) is 29.2 Å². The first-order chi connectivity index (χ1) is 8.04. The summed E-state index contributed by atoms with van der Waals surface area (Å²) in [5, 5.41) is 0. The smallest absolute Gasteiger partial charge is 0.208 e. The number of halogens is 1. The molecule has 0 saturated heterocycles. The minimum absolute atomic E-state index is 0.0143. The van der Waals surface area contributed by atoms with Gasteiger partial charge in [0.2, 0.25) is 10.0 Å². The van der Waals surface area contributed by atoms with Crippen molar-refractivity contribution in [2.45, 2.75) is 37.1 Å². The molecule has 0 bridgehead atoms. The SMILES string of the molecule is CCCC1CC1NS(=O)(=O)c1ccccc1F. The van der Waals surface area contributed by atoms with Crippen LogP contribution in [0, 0.1) is 11.7 Å². The zero-order chi connectivity index (χ0) is 12.5. The molecule has 3 nitrogen and oxygen atoms in total. The van der Waals surface area contributed by atoms with Gasteiger partial charge in [-0.25, -0.2) is 17.5 Å². The molecule has 0 heterocycles. The van der Waals surface area contributed by atoms with Crippen molar-refractivity contribution in [1.29, 1.82) is 0 Å². The second-order valence-electron chi connectivity index (χ2n) is 4.44. The minimum Gasteiger partial charge on any atom is -0.208 e. The van der Waals surface area contributed by atoms with E-state index in [1.165, 1.54) is 18.2 Å². The van der Waals surface area contributed by atoms with Crippen LogP contribution in [0.1, 0.15) is 26.2 Å². The molecule has 1 aromatic rings. The monoisotopic (exact) mass is 257 g/mol. The van der Waals surface area contributed by atoms with Crippen LogP contribution < -0.4 is 4.72 Å². The molecule has 0 amide bonds. The van der Waals surface area contributed by atoms with Gasteiger partial charge in [0.05, 0.1) is 0 Å². The molecule has 2 atom stereocenters. The normalized spacial score (nSPS) is 23.6. The molecule has 17 heavy (non-hydrogen) atoms. The third-order valence-corrected chi connectivity index (χ3v) is 4.54. The summed E-state index contributed by atoms with van der Waals surface area (Å²) in [6, 6.07) is 5.43. The first-order valence-electron chi connectivity index (χ1n) is 5.81. The molecule has 1 saturated carbocycles. The van der Waals surface area contributed by atoms with Crippen LogP contribution in [0.25, 0.3) is 0 Å². The highest BCUT2D eigenvalue weighted by molar-refractivity contribution is 7.89. The van der Waals surface area contributed by atoms with Gasteiger partial charge in [0, 0.05) is 6.04 Å². The first kappa shape index (κ1) is 12.5. The van der Waals surface area contributed by atoms with Crippen molar-refractivity contribution < 1.29 is 12.8 Å². The van der Waals surface area contributed by atoms with E-state index in [0.29, 0.717) is 5.92 Å². The molecule has 0 aromatic heterocycles. The summed E-state index contributed by atoms with van der Waals surface area (Å²) in [5.41, 5.74) is 0. The van der Waals surface area contributed by atoms with E-state index in [1.807, 2.05) is 0 Å². The van der Waals surface area contributed by atoms with Crippen molar-refractivity contribution >= 4 is 10.0 Å². The topological polar surface area (TPSA) is 46.2 Å². The van der Waals surface area contributed by atoms with E-state index in [9.17, 15) is 12.8 Å². The maximum Gasteiger partial charge on any atom is 0.243 e. The van der Waals surface area contributed by atoms with E-state index in [1.54, 1.807) is 0 Å². The number of benzene rings is 1. The Morgan fingerprint density at radius 1 is 1.41 bits per heavy atom. The fourth-order valence-electron chi connectivity index (χ4n) is 2.01. The standard InChI is InChI=1S/C12H16FNO2S/c1-2-5-9-8-11(9)14-17(15,16)12-7-4-3-6-10(12)13/h3-4,6-7,9,11,14H,2,5,8H2,1H3. The summed E-state index contributed by atoms with van der Waals surface area (Å²) in [4.78, 5) is -0.262. The molecule has 1 aromatic carbocycles. The van der Waals surface area contributed by atoms with Crippen molar-refractivity contribution in [2.75, 3.05) is 0 Å². The average molecular weight is 257 g/mol. The number of hydrogen-bond acceptors (Lipinski definition) is 2. The van der Waals surface area contributed by atoms with Crippen LogP contribution in [-0.2, 0) is 10.0 Å². The van der Waals surface area contributed by atoms with E-state index in [2.05, 4.69) is 11.6 Å². The van der Waals surface area contributed by atoms with Gasteiger partial charge in [0.1, 0.15) is 10.7 Å². The molecule has 1 N–H and O–H groups in total. The van der Waals surface area contributed by atoms with E-state index in [-0.39, 0.29) is 10.9 Å². The maximum absolute atomic E-state index is 13.4. The lowest BCUT2D eigenvalue weighted by Gasteiger charge is -2.06. The lowest BCUT2D eigenvalue weighted by molar-refractivity contribution is 0.552. The van der Waals surface area contributed by atoms with Gasteiger partial charge in [0.15, 0.2) is 0 Å². The summed E-state index contributed by atoms with van der Waals surface area (Å²) < 4.78 is 39.7. The Morgan fingerprint density at radius 2 is 2.12 bits per heavy atom.